The van der Waals surface area contributed by atoms with Crippen LogP contribution in [-0.2, 0) is 12.8 Å². The van der Waals surface area contributed by atoms with E-state index in [4.69, 9.17) is 18.0 Å². The van der Waals surface area contributed by atoms with Crippen molar-refractivity contribution >= 4 is 23.4 Å². The smallest absolute Gasteiger partial charge is 0.0578 e. The van der Waals surface area contributed by atoms with Crippen molar-refractivity contribution < 1.29 is 0 Å². The lowest BCUT2D eigenvalue weighted by Crippen LogP contribution is -2.19. The second-order valence-electron chi connectivity index (χ2n) is 5.73. The van der Waals surface area contributed by atoms with Crippen molar-refractivity contribution in [2.75, 3.05) is 12.3 Å². The molecule has 0 saturated carbocycles. The van der Waals surface area contributed by atoms with Gasteiger partial charge in [0.15, 0.2) is 0 Å². The molecule has 1 unspecified atom stereocenters. The summed E-state index contributed by atoms with van der Waals surface area (Å²) >= 11 is 7.88. The molecule has 3 rings (SSSR count). The molecular formula is C20H20ClNS. The molecule has 0 bridgehead atoms. The van der Waals surface area contributed by atoms with Crippen LogP contribution in [0.15, 0.2) is 47.4 Å². The molecule has 0 heterocycles. The Morgan fingerprint density at radius 1 is 1.22 bits per heavy atom. The van der Waals surface area contributed by atoms with Gasteiger partial charge in [0, 0.05) is 21.7 Å². The maximum Gasteiger partial charge on any atom is 0.0578 e. The maximum atomic E-state index is 5.93. The summed E-state index contributed by atoms with van der Waals surface area (Å²) in [6.07, 6.45) is 8.71. The van der Waals surface area contributed by atoms with Gasteiger partial charge in [-0.05, 0) is 54.2 Å². The van der Waals surface area contributed by atoms with Crippen molar-refractivity contribution in [1.29, 1.82) is 0 Å². The summed E-state index contributed by atoms with van der Waals surface area (Å²) in [5.41, 5.74) is 4.27. The molecule has 118 valence electrons. The number of halogens is 1. The van der Waals surface area contributed by atoms with Gasteiger partial charge < -0.3 is 0 Å². The van der Waals surface area contributed by atoms with E-state index in [2.05, 4.69) is 41.6 Å². The van der Waals surface area contributed by atoms with Crippen LogP contribution >= 0.6 is 23.4 Å². The van der Waals surface area contributed by atoms with Gasteiger partial charge in [0.1, 0.15) is 0 Å². The third-order valence-electron chi connectivity index (χ3n) is 4.24. The molecule has 1 aliphatic carbocycles. The Morgan fingerprint density at radius 3 is 2.83 bits per heavy atom. The van der Waals surface area contributed by atoms with Gasteiger partial charge in [0.05, 0.1) is 6.54 Å². The molecule has 0 spiro atoms. The Morgan fingerprint density at radius 2 is 2.04 bits per heavy atom. The van der Waals surface area contributed by atoms with Crippen molar-refractivity contribution in [2.45, 2.75) is 30.2 Å². The lowest BCUT2D eigenvalue weighted by molar-refractivity contribution is 0.568. The first-order valence-electron chi connectivity index (χ1n) is 7.94. The lowest BCUT2D eigenvalue weighted by Gasteiger charge is -2.13. The highest BCUT2D eigenvalue weighted by Crippen LogP contribution is 2.37. The third-order valence-corrected chi connectivity index (χ3v) is 5.59. The largest absolute Gasteiger partial charge is 0.299 e. The van der Waals surface area contributed by atoms with Gasteiger partial charge in [-0.3, -0.25) is 5.32 Å². The highest BCUT2D eigenvalue weighted by atomic mass is 35.5. The van der Waals surface area contributed by atoms with E-state index in [1.54, 1.807) is 0 Å². The number of benzene rings is 2. The van der Waals surface area contributed by atoms with Crippen LogP contribution in [0.3, 0.4) is 0 Å². The number of nitrogens with one attached hydrogen (secondary N) is 1. The first-order valence-corrected chi connectivity index (χ1v) is 9.30. The zero-order valence-corrected chi connectivity index (χ0v) is 14.6. The molecular weight excluding hydrogens is 322 g/mol. The first kappa shape index (κ1) is 16.5. The predicted molar refractivity (Wildman–Crippen MR) is 100 cm³/mol. The van der Waals surface area contributed by atoms with Crippen LogP contribution in [0.2, 0.25) is 5.02 Å². The zero-order valence-electron chi connectivity index (χ0n) is 13.0. The minimum Gasteiger partial charge on any atom is -0.299 e. The van der Waals surface area contributed by atoms with Crippen LogP contribution < -0.4 is 5.32 Å². The molecule has 1 atom stereocenters. The van der Waals surface area contributed by atoms with Gasteiger partial charge in [0.25, 0.3) is 0 Å². The van der Waals surface area contributed by atoms with Gasteiger partial charge in [-0.25, -0.2) is 0 Å². The summed E-state index contributed by atoms with van der Waals surface area (Å²) < 4.78 is 0. The first-order chi connectivity index (χ1) is 11.3. The van der Waals surface area contributed by atoms with E-state index in [9.17, 15) is 0 Å². The van der Waals surface area contributed by atoms with Crippen LogP contribution in [0.5, 0.6) is 0 Å². The topological polar surface area (TPSA) is 12.0 Å². The molecule has 0 saturated heterocycles. The van der Waals surface area contributed by atoms with Crippen molar-refractivity contribution in [1.82, 2.24) is 5.32 Å². The second kappa shape index (κ2) is 7.93. The molecule has 23 heavy (non-hydrogen) atoms. The van der Waals surface area contributed by atoms with Crippen molar-refractivity contribution in [3.05, 3.63) is 64.2 Å². The van der Waals surface area contributed by atoms with Gasteiger partial charge in [-0.2, -0.15) is 0 Å². The van der Waals surface area contributed by atoms with E-state index >= 15 is 0 Å². The Hall–Kier alpha value is -1.40. The third kappa shape index (κ3) is 4.12. The number of thioether (sulfide) groups is 1. The molecule has 1 N–H and O–H groups in total. The Kier molecular flexibility index (Phi) is 5.67. The van der Waals surface area contributed by atoms with Crippen LogP contribution in [0.25, 0.3) is 0 Å². The summed E-state index contributed by atoms with van der Waals surface area (Å²) in [6.45, 7) is 0.637. The second-order valence-corrected chi connectivity index (χ2v) is 7.30. The molecule has 2 aromatic carbocycles. The summed E-state index contributed by atoms with van der Waals surface area (Å²) in [7, 11) is 0. The molecule has 1 aliphatic rings. The SMILES string of the molecule is C#CCNC1CCc2c(SCCc3ccc(Cl)cc3)cccc21. The monoisotopic (exact) mass is 341 g/mol. The summed E-state index contributed by atoms with van der Waals surface area (Å²) in [6, 6.07) is 15.2. The molecule has 0 aromatic heterocycles. The molecule has 0 radical (unpaired) electrons. The van der Waals surface area contributed by atoms with Crippen molar-refractivity contribution in [3.63, 3.8) is 0 Å². The van der Waals surface area contributed by atoms with E-state index < -0.39 is 0 Å². The van der Waals surface area contributed by atoms with E-state index in [0.29, 0.717) is 12.6 Å². The number of rotatable bonds is 6. The van der Waals surface area contributed by atoms with Crippen LogP contribution in [0, 0.1) is 12.3 Å². The molecule has 0 aliphatic heterocycles. The molecule has 0 fully saturated rings. The van der Waals surface area contributed by atoms with E-state index in [1.165, 1.54) is 21.6 Å². The number of fused-ring (bicyclic) bond motifs is 1. The van der Waals surface area contributed by atoms with Crippen molar-refractivity contribution in [2.24, 2.45) is 0 Å². The molecule has 1 nitrogen and oxygen atoms in total. The van der Waals surface area contributed by atoms with E-state index in [0.717, 1.165) is 30.0 Å². The highest BCUT2D eigenvalue weighted by Gasteiger charge is 2.23. The maximum absolute atomic E-state index is 5.93. The Balaban J connectivity index is 1.62. The predicted octanol–water partition coefficient (Wildman–Crippen LogP) is 4.88. The minimum atomic E-state index is 0.415. The van der Waals surface area contributed by atoms with Gasteiger partial charge >= 0.3 is 0 Å². The van der Waals surface area contributed by atoms with Gasteiger partial charge in [0.2, 0.25) is 0 Å². The molecule has 2 aromatic rings. The quantitative estimate of drug-likeness (QED) is 0.593. The summed E-state index contributed by atoms with van der Waals surface area (Å²) in [5.74, 6) is 3.75. The standard InChI is InChI=1S/C20H20ClNS/c1-2-13-22-19-11-10-18-17(19)4-3-5-20(18)23-14-12-15-6-8-16(21)9-7-15/h1,3-9,19,22H,10-14H2. The Bertz CT molecular complexity index is 703. The number of hydrogen-bond acceptors (Lipinski definition) is 2. The zero-order chi connectivity index (χ0) is 16.1. The normalized spacial score (nSPS) is 16.1. The van der Waals surface area contributed by atoms with E-state index in [-0.39, 0.29) is 0 Å². The fourth-order valence-corrected chi connectivity index (χ4v) is 4.33. The molecule has 3 heteroatoms. The summed E-state index contributed by atoms with van der Waals surface area (Å²) in [5, 5.41) is 4.24. The van der Waals surface area contributed by atoms with Crippen LogP contribution in [0.1, 0.15) is 29.2 Å². The average Bonchev–Trinajstić information content (AvgIpc) is 2.99. The summed E-state index contributed by atoms with van der Waals surface area (Å²) in [4.78, 5) is 1.42. The van der Waals surface area contributed by atoms with Crippen molar-refractivity contribution in [3.8, 4) is 12.3 Å². The highest BCUT2D eigenvalue weighted by molar-refractivity contribution is 7.99. The van der Waals surface area contributed by atoms with Gasteiger partial charge in [-0.1, -0.05) is 41.8 Å². The molecule has 0 amide bonds. The fourth-order valence-electron chi connectivity index (χ4n) is 3.08. The van der Waals surface area contributed by atoms with Crippen LogP contribution in [0.4, 0.5) is 0 Å². The average molecular weight is 342 g/mol. The van der Waals surface area contributed by atoms with Gasteiger partial charge in [-0.15, -0.1) is 18.2 Å². The minimum absolute atomic E-state index is 0.415. The van der Waals surface area contributed by atoms with Crippen LogP contribution in [-0.4, -0.2) is 12.3 Å². The lowest BCUT2D eigenvalue weighted by atomic mass is 10.1. The number of hydrogen-bond donors (Lipinski definition) is 1. The fraction of sp³-hybridized carbons (Fsp3) is 0.300. The Labute approximate surface area is 147 Å². The number of aryl methyl sites for hydroxylation is 1. The van der Waals surface area contributed by atoms with E-state index in [1.807, 2.05) is 23.9 Å². The number of terminal acetylenes is 1.